The van der Waals surface area contributed by atoms with E-state index in [-0.39, 0.29) is 18.0 Å². The van der Waals surface area contributed by atoms with E-state index in [4.69, 9.17) is 18.9 Å². The molecule has 2 heterocycles. The van der Waals surface area contributed by atoms with Crippen molar-refractivity contribution in [2.75, 3.05) is 26.1 Å². The van der Waals surface area contributed by atoms with Gasteiger partial charge in [0.15, 0.2) is 11.6 Å². The van der Waals surface area contributed by atoms with Crippen LogP contribution in [0.25, 0.3) is 0 Å². The number of rotatable bonds is 11. The molecular weight excluding hydrogens is 400 g/mol. The molecule has 3 rings (SSSR count). The van der Waals surface area contributed by atoms with E-state index in [9.17, 15) is 4.79 Å². The number of ketones is 1. The van der Waals surface area contributed by atoms with Crippen molar-refractivity contribution in [1.82, 2.24) is 0 Å². The largest absolute Gasteiger partial charge is 0.379 e. The molecule has 0 unspecified atom stereocenters. The number of carbonyl (C=O) groups is 1. The van der Waals surface area contributed by atoms with Gasteiger partial charge in [-0.2, -0.15) is 0 Å². The highest BCUT2D eigenvalue weighted by atomic mass is 32.2. The molecule has 3 atom stereocenters. The molecule has 0 saturated carbocycles. The lowest BCUT2D eigenvalue weighted by Gasteiger charge is -2.42. The van der Waals surface area contributed by atoms with Gasteiger partial charge in [0.25, 0.3) is 0 Å². The van der Waals surface area contributed by atoms with Crippen LogP contribution in [-0.4, -0.2) is 44.1 Å². The summed E-state index contributed by atoms with van der Waals surface area (Å²) in [6.45, 7) is 8.47. The van der Waals surface area contributed by atoms with E-state index in [1.807, 2.05) is 12.3 Å². The van der Waals surface area contributed by atoms with Crippen LogP contribution in [0, 0.1) is 0 Å². The van der Waals surface area contributed by atoms with Crippen LogP contribution in [0.4, 0.5) is 0 Å². The highest BCUT2D eigenvalue weighted by molar-refractivity contribution is 7.98. The van der Waals surface area contributed by atoms with Crippen LogP contribution in [0.5, 0.6) is 0 Å². The number of hydrogen-bond acceptors (Lipinski definition) is 6. The lowest BCUT2D eigenvalue weighted by molar-refractivity contribution is -0.308. The van der Waals surface area contributed by atoms with Crippen molar-refractivity contribution in [2.45, 2.75) is 88.8 Å². The Kier molecular flexibility index (Phi) is 8.78. The minimum absolute atomic E-state index is 0.0528. The van der Waals surface area contributed by atoms with Crippen molar-refractivity contribution >= 4 is 17.5 Å². The third kappa shape index (κ3) is 5.46. The van der Waals surface area contributed by atoms with Gasteiger partial charge in [-0.25, -0.2) is 0 Å². The average molecular weight is 437 g/mol. The van der Waals surface area contributed by atoms with Gasteiger partial charge in [-0.15, -0.1) is 11.8 Å². The molecule has 1 fully saturated rings. The maximum absolute atomic E-state index is 12.3. The first-order valence-corrected chi connectivity index (χ1v) is 12.5. The van der Waals surface area contributed by atoms with Crippen LogP contribution in [0.15, 0.2) is 17.0 Å². The molecule has 0 bridgehead atoms. The van der Waals surface area contributed by atoms with Gasteiger partial charge in [0, 0.05) is 42.1 Å². The van der Waals surface area contributed by atoms with Crippen molar-refractivity contribution < 1.29 is 23.7 Å². The molecule has 168 valence electrons. The molecule has 0 aromatic heterocycles. The smallest absolute Gasteiger partial charge is 0.198 e. The molecule has 2 aliphatic heterocycles. The number of benzene rings is 1. The third-order valence-electron chi connectivity index (χ3n) is 5.85. The first kappa shape index (κ1) is 23.7. The van der Waals surface area contributed by atoms with Crippen molar-refractivity contribution in [3.05, 3.63) is 28.8 Å². The fraction of sp³-hybridized carbons (Fsp3) is 0.708. The Morgan fingerprint density at radius 2 is 2.00 bits per heavy atom. The number of Topliss-reactive ketones (excluding diaryl/α,β-unsaturated/α-hetero) is 1. The Morgan fingerprint density at radius 3 is 2.70 bits per heavy atom. The number of hydrogen-bond donors (Lipinski definition) is 0. The first-order valence-electron chi connectivity index (χ1n) is 11.3. The van der Waals surface area contributed by atoms with E-state index in [0.29, 0.717) is 19.6 Å². The van der Waals surface area contributed by atoms with Gasteiger partial charge in [-0.05, 0) is 43.7 Å². The van der Waals surface area contributed by atoms with E-state index in [2.05, 4.69) is 19.9 Å². The number of carbonyl (C=O) groups excluding carboxylic acids is 1. The van der Waals surface area contributed by atoms with Gasteiger partial charge < -0.3 is 18.9 Å². The highest BCUT2D eigenvalue weighted by Crippen LogP contribution is 2.47. The molecule has 1 aromatic carbocycles. The average Bonchev–Trinajstić information content (AvgIpc) is 3.06. The summed E-state index contributed by atoms with van der Waals surface area (Å²) in [4.78, 5) is 13.3. The summed E-state index contributed by atoms with van der Waals surface area (Å²) < 4.78 is 24.9. The molecule has 1 spiro atoms. The molecule has 5 nitrogen and oxygen atoms in total. The van der Waals surface area contributed by atoms with E-state index in [1.54, 1.807) is 18.7 Å². The van der Waals surface area contributed by atoms with Crippen LogP contribution in [0.3, 0.4) is 0 Å². The topological polar surface area (TPSA) is 54.0 Å². The maximum Gasteiger partial charge on any atom is 0.198 e. The van der Waals surface area contributed by atoms with Crippen molar-refractivity contribution in [3.8, 4) is 0 Å². The summed E-state index contributed by atoms with van der Waals surface area (Å²) in [6.07, 6.45) is 7.73. The molecule has 2 aliphatic rings. The van der Waals surface area contributed by atoms with Gasteiger partial charge in [0.05, 0.1) is 25.4 Å². The summed E-state index contributed by atoms with van der Waals surface area (Å²) in [5.41, 5.74) is 2.82. The number of thioether (sulfide) groups is 1. The van der Waals surface area contributed by atoms with Gasteiger partial charge in [-0.3, -0.25) is 4.79 Å². The molecule has 1 saturated heterocycles. The number of ether oxygens (including phenoxy) is 4. The molecule has 0 amide bonds. The van der Waals surface area contributed by atoms with E-state index in [0.717, 1.165) is 66.9 Å². The number of fused-ring (bicyclic) bond motifs is 2. The zero-order valence-corrected chi connectivity index (χ0v) is 19.6. The Bertz CT molecular complexity index is 722. The fourth-order valence-electron chi connectivity index (χ4n) is 4.20. The standard InChI is InChI=1S/C24H36O5S/c1-5-7-9-26-16-20-12-19(27-10-8-6-2)14-24(29-20)22-13-21(17(3)25)23(30-4)11-18(22)15-28-24/h11,13,19-20H,5-10,12,14-16H2,1-4H3/t19-,20-,24+/m0/s1. The predicted octanol–water partition coefficient (Wildman–Crippen LogP) is 5.48. The SMILES string of the molecule is CCCCOC[C@@H]1C[C@H](OCCCC)C[C@@]2(OCc3cc(SC)c(C(C)=O)cc32)O1. The monoisotopic (exact) mass is 436 g/mol. The Morgan fingerprint density at radius 1 is 1.23 bits per heavy atom. The van der Waals surface area contributed by atoms with E-state index >= 15 is 0 Å². The van der Waals surface area contributed by atoms with E-state index < -0.39 is 5.79 Å². The first-order chi connectivity index (χ1) is 14.5. The molecule has 0 radical (unpaired) electrons. The summed E-state index contributed by atoms with van der Waals surface area (Å²) in [6, 6.07) is 4.07. The molecule has 0 N–H and O–H groups in total. The van der Waals surface area contributed by atoms with Crippen molar-refractivity contribution in [1.29, 1.82) is 0 Å². The molecule has 6 heteroatoms. The van der Waals surface area contributed by atoms with Gasteiger partial charge in [-0.1, -0.05) is 26.7 Å². The lowest BCUT2D eigenvalue weighted by atomic mass is 9.90. The van der Waals surface area contributed by atoms with Gasteiger partial charge in [0.1, 0.15) is 0 Å². The van der Waals surface area contributed by atoms with Gasteiger partial charge >= 0.3 is 0 Å². The quantitative estimate of drug-likeness (QED) is 0.260. The summed E-state index contributed by atoms with van der Waals surface area (Å²) >= 11 is 1.59. The van der Waals surface area contributed by atoms with Crippen LogP contribution in [-0.2, 0) is 31.3 Å². The second-order valence-electron chi connectivity index (χ2n) is 8.26. The molecule has 30 heavy (non-hydrogen) atoms. The van der Waals surface area contributed by atoms with Crippen LogP contribution < -0.4 is 0 Å². The summed E-state index contributed by atoms with van der Waals surface area (Å²) in [5, 5.41) is 0. The van der Waals surface area contributed by atoms with Gasteiger partial charge in [0.2, 0.25) is 0 Å². The Balaban J connectivity index is 1.85. The zero-order chi connectivity index (χ0) is 21.6. The van der Waals surface area contributed by atoms with Crippen molar-refractivity contribution in [3.63, 3.8) is 0 Å². The third-order valence-corrected chi connectivity index (χ3v) is 6.63. The summed E-state index contributed by atoms with van der Waals surface area (Å²) in [5.74, 6) is -0.792. The molecule has 0 aliphatic carbocycles. The maximum atomic E-state index is 12.3. The highest BCUT2D eigenvalue weighted by Gasteiger charge is 2.49. The van der Waals surface area contributed by atoms with Crippen LogP contribution in [0.1, 0.15) is 80.8 Å². The predicted molar refractivity (Wildman–Crippen MR) is 119 cm³/mol. The summed E-state index contributed by atoms with van der Waals surface area (Å²) in [7, 11) is 0. The minimum atomic E-state index is -0.857. The second-order valence-corrected chi connectivity index (χ2v) is 9.11. The van der Waals surface area contributed by atoms with E-state index in [1.165, 1.54) is 0 Å². The van der Waals surface area contributed by atoms with Crippen molar-refractivity contribution in [2.24, 2.45) is 0 Å². The lowest BCUT2D eigenvalue weighted by Crippen LogP contribution is -2.46. The Labute approximate surface area is 185 Å². The minimum Gasteiger partial charge on any atom is -0.379 e. The molecule has 1 aromatic rings. The second kappa shape index (κ2) is 11.1. The zero-order valence-electron chi connectivity index (χ0n) is 18.8. The fourth-order valence-corrected chi connectivity index (χ4v) is 4.89. The number of unbranched alkanes of at least 4 members (excludes halogenated alkanes) is 2. The normalized spacial score (nSPS) is 25.6. The van der Waals surface area contributed by atoms with Crippen LogP contribution in [0.2, 0.25) is 0 Å². The molecular formula is C24H36O5S. The van der Waals surface area contributed by atoms with Crippen LogP contribution >= 0.6 is 11.8 Å². The Hall–Kier alpha value is -0.920.